The zero-order valence-corrected chi connectivity index (χ0v) is 16.9. The Balaban J connectivity index is 2.13. The molecule has 25 heavy (non-hydrogen) atoms. The van der Waals surface area contributed by atoms with Gasteiger partial charge in [0.2, 0.25) is 0 Å². The molecule has 2 aliphatic carbocycles. The lowest BCUT2D eigenvalue weighted by Crippen LogP contribution is -2.40. The predicted octanol–water partition coefficient (Wildman–Crippen LogP) is 4.90. The monoisotopic (exact) mass is 350 g/mol. The number of aliphatic hydroxyl groups excluding tert-OH is 1. The molecule has 0 bridgehead atoms. The highest BCUT2D eigenvalue weighted by atomic mass is 16.5. The average molecular weight is 351 g/mol. The lowest BCUT2D eigenvalue weighted by molar-refractivity contribution is 0.00507. The number of fused-ring (bicyclic) bond motifs is 1. The van der Waals surface area contributed by atoms with Crippen LogP contribution in [0.25, 0.3) is 0 Å². The minimum Gasteiger partial charge on any atom is -0.393 e. The summed E-state index contributed by atoms with van der Waals surface area (Å²) in [5.41, 5.74) is 1.51. The Kier molecular flexibility index (Phi) is 7.30. The van der Waals surface area contributed by atoms with Crippen molar-refractivity contribution in [3.8, 4) is 0 Å². The lowest BCUT2D eigenvalue weighted by Gasteiger charge is -2.44. The number of hydrogen-bond acceptors (Lipinski definition) is 3. The van der Waals surface area contributed by atoms with Gasteiger partial charge in [0.05, 0.1) is 18.3 Å². The quantitative estimate of drug-likeness (QED) is 0.601. The normalized spacial score (nSPS) is 31.2. The van der Waals surface area contributed by atoms with Crippen molar-refractivity contribution in [3.63, 3.8) is 0 Å². The molecule has 0 saturated heterocycles. The van der Waals surface area contributed by atoms with E-state index >= 15 is 0 Å². The number of ether oxygens (including phenoxy) is 2. The van der Waals surface area contributed by atoms with Crippen LogP contribution in [0.2, 0.25) is 0 Å². The van der Waals surface area contributed by atoms with Crippen LogP contribution in [0.3, 0.4) is 0 Å². The van der Waals surface area contributed by atoms with Gasteiger partial charge in [-0.2, -0.15) is 0 Å². The zero-order valence-electron chi connectivity index (χ0n) is 16.9. The van der Waals surface area contributed by atoms with E-state index in [0.29, 0.717) is 11.8 Å². The third-order valence-electron chi connectivity index (χ3n) is 6.98. The van der Waals surface area contributed by atoms with Crippen LogP contribution >= 0.6 is 0 Å². The summed E-state index contributed by atoms with van der Waals surface area (Å²) in [4.78, 5) is 0. The fraction of sp³-hybridized carbons (Fsp3) is 0.818. The van der Waals surface area contributed by atoms with E-state index in [-0.39, 0.29) is 17.1 Å². The van der Waals surface area contributed by atoms with Gasteiger partial charge in [-0.1, -0.05) is 44.6 Å². The standard InChI is InChI=1S/C22H38O3/c1-6-22(7-2,25-5)15-8-10-17(16-24-4)18-12-13-19-20(23)11-9-14-21(18,19)3/h8,12,15,17,19-20,23H,6-7,9-11,13-14,16H2,1-5H3/b15-8+/t17-,19?,20?,21-/m1/s1. The summed E-state index contributed by atoms with van der Waals surface area (Å²) >= 11 is 0. The number of rotatable bonds is 9. The summed E-state index contributed by atoms with van der Waals surface area (Å²) in [6, 6.07) is 0. The van der Waals surface area contributed by atoms with Crippen LogP contribution in [0.15, 0.2) is 23.8 Å². The molecule has 0 aliphatic heterocycles. The van der Waals surface area contributed by atoms with Crippen LogP contribution in [0.4, 0.5) is 0 Å². The summed E-state index contributed by atoms with van der Waals surface area (Å²) in [5, 5.41) is 10.5. The number of aliphatic hydroxyl groups is 1. The smallest absolute Gasteiger partial charge is 0.0853 e. The van der Waals surface area contributed by atoms with Gasteiger partial charge in [-0.05, 0) is 56.3 Å². The third-order valence-corrected chi connectivity index (χ3v) is 6.98. The van der Waals surface area contributed by atoms with Gasteiger partial charge in [0.15, 0.2) is 0 Å². The van der Waals surface area contributed by atoms with E-state index in [9.17, 15) is 5.11 Å². The van der Waals surface area contributed by atoms with Crippen molar-refractivity contribution in [1.29, 1.82) is 0 Å². The lowest BCUT2D eigenvalue weighted by atomic mass is 9.63. The zero-order chi connectivity index (χ0) is 18.5. The Hall–Kier alpha value is -0.640. The van der Waals surface area contributed by atoms with Crippen molar-refractivity contribution < 1.29 is 14.6 Å². The maximum Gasteiger partial charge on any atom is 0.0853 e. The van der Waals surface area contributed by atoms with Gasteiger partial charge in [-0.25, -0.2) is 0 Å². The first kappa shape index (κ1) is 20.7. The minimum atomic E-state index is -0.146. The third kappa shape index (κ3) is 4.20. The molecule has 2 unspecified atom stereocenters. The minimum absolute atomic E-state index is 0.141. The molecule has 0 amide bonds. The predicted molar refractivity (Wildman–Crippen MR) is 104 cm³/mol. The first-order chi connectivity index (χ1) is 12.0. The van der Waals surface area contributed by atoms with Gasteiger partial charge in [-0.15, -0.1) is 0 Å². The number of hydrogen-bond donors (Lipinski definition) is 1. The Morgan fingerprint density at radius 3 is 2.68 bits per heavy atom. The van der Waals surface area contributed by atoms with E-state index < -0.39 is 0 Å². The first-order valence-electron chi connectivity index (χ1n) is 10.1. The molecule has 144 valence electrons. The molecule has 1 fully saturated rings. The summed E-state index contributed by atoms with van der Waals surface area (Å²) < 4.78 is 11.3. The molecule has 1 saturated carbocycles. The SMILES string of the molecule is CCC(/C=C/C[C@H](COC)C1=CCC2C(O)CCC[C@]12C)(CC)OC. The van der Waals surface area contributed by atoms with Crippen molar-refractivity contribution in [3.05, 3.63) is 23.8 Å². The molecular formula is C22H38O3. The molecule has 0 heterocycles. The molecule has 4 atom stereocenters. The van der Waals surface area contributed by atoms with Crippen molar-refractivity contribution in [2.24, 2.45) is 17.3 Å². The maximum absolute atomic E-state index is 10.5. The van der Waals surface area contributed by atoms with Crippen molar-refractivity contribution in [1.82, 2.24) is 0 Å². The van der Waals surface area contributed by atoms with Crippen LogP contribution in [-0.4, -0.2) is 37.6 Å². The van der Waals surface area contributed by atoms with Gasteiger partial charge in [0.25, 0.3) is 0 Å². The molecule has 0 spiro atoms. The molecule has 0 radical (unpaired) electrons. The van der Waals surface area contributed by atoms with Crippen LogP contribution in [0.1, 0.15) is 65.7 Å². The molecule has 2 aliphatic rings. The highest BCUT2D eigenvalue weighted by molar-refractivity contribution is 5.27. The summed E-state index contributed by atoms with van der Waals surface area (Å²) in [7, 11) is 3.60. The van der Waals surface area contributed by atoms with Gasteiger partial charge in [0, 0.05) is 20.1 Å². The number of allylic oxidation sites excluding steroid dienone is 2. The molecular weight excluding hydrogens is 312 g/mol. The molecule has 3 nitrogen and oxygen atoms in total. The van der Waals surface area contributed by atoms with Gasteiger partial charge < -0.3 is 14.6 Å². The van der Waals surface area contributed by atoms with Crippen molar-refractivity contribution in [2.75, 3.05) is 20.8 Å². The van der Waals surface area contributed by atoms with E-state index in [0.717, 1.165) is 45.1 Å². The van der Waals surface area contributed by atoms with E-state index in [1.165, 1.54) is 12.0 Å². The van der Waals surface area contributed by atoms with Gasteiger partial charge in [-0.3, -0.25) is 0 Å². The number of methoxy groups -OCH3 is 2. The van der Waals surface area contributed by atoms with Crippen molar-refractivity contribution >= 4 is 0 Å². The first-order valence-corrected chi connectivity index (χ1v) is 10.1. The van der Waals surface area contributed by atoms with Crippen LogP contribution < -0.4 is 0 Å². The summed E-state index contributed by atoms with van der Waals surface area (Å²) in [5.74, 6) is 0.786. The molecule has 3 heteroatoms. The Morgan fingerprint density at radius 1 is 1.36 bits per heavy atom. The van der Waals surface area contributed by atoms with E-state index in [4.69, 9.17) is 9.47 Å². The fourth-order valence-corrected chi connectivity index (χ4v) is 5.16. The van der Waals surface area contributed by atoms with Crippen LogP contribution in [-0.2, 0) is 9.47 Å². The van der Waals surface area contributed by atoms with Gasteiger partial charge in [0.1, 0.15) is 0 Å². The molecule has 2 rings (SSSR count). The summed E-state index contributed by atoms with van der Waals surface area (Å²) in [6.45, 7) is 7.46. The highest BCUT2D eigenvalue weighted by Crippen LogP contribution is 2.55. The van der Waals surface area contributed by atoms with E-state index in [1.54, 1.807) is 14.2 Å². The summed E-state index contributed by atoms with van der Waals surface area (Å²) in [6.07, 6.45) is 14.0. The van der Waals surface area contributed by atoms with Crippen molar-refractivity contribution in [2.45, 2.75) is 77.4 Å². The Morgan fingerprint density at radius 2 is 2.08 bits per heavy atom. The van der Waals surface area contributed by atoms with Crippen LogP contribution in [0.5, 0.6) is 0 Å². The largest absolute Gasteiger partial charge is 0.393 e. The second kappa shape index (κ2) is 8.83. The molecule has 1 N–H and O–H groups in total. The second-order valence-electron chi connectivity index (χ2n) is 8.15. The average Bonchev–Trinajstić information content (AvgIpc) is 2.97. The molecule has 0 aromatic heterocycles. The maximum atomic E-state index is 10.5. The van der Waals surface area contributed by atoms with E-state index in [2.05, 4.69) is 39.0 Å². The molecule has 0 aromatic rings. The second-order valence-corrected chi connectivity index (χ2v) is 8.15. The van der Waals surface area contributed by atoms with E-state index in [1.807, 2.05) is 0 Å². The Labute approximate surface area is 154 Å². The van der Waals surface area contributed by atoms with Gasteiger partial charge >= 0.3 is 0 Å². The van der Waals surface area contributed by atoms with Crippen LogP contribution in [0, 0.1) is 17.3 Å². The fourth-order valence-electron chi connectivity index (χ4n) is 5.16. The topological polar surface area (TPSA) is 38.7 Å². The highest BCUT2D eigenvalue weighted by Gasteiger charge is 2.48. The molecule has 0 aromatic carbocycles. The Bertz CT molecular complexity index is 469.